The average molecular weight is 312 g/mol. The summed E-state index contributed by atoms with van der Waals surface area (Å²) >= 11 is 5.61. The maximum Gasteiger partial charge on any atom is 0.436 e. The Balaban J connectivity index is 2.72. The highest BCUT2D eigenvalue weighted by atomic mass is 35.5. The van der Waals surface area contributed by atoms with Gasteiger partial charge >= 0.3 is 6.18 Å². The van der Waals surface area contributed by atoms with E-state index < -0.39 is 22.8 Å². The molecule has 114 valence electrons. The average Bonchev–Trinajstić information content (AvgIpc) is 2.64. The molecule has 0 saturated carbocycles. The van der Waals surface area contributed by atoms with Gasteiger partial charge in [0.05, 0.1) is 0 Å². The van der Waals surface area contributed by atoms with Crippen molar-refractivity contribution in [3.63, 3.8) is 0 Å². The van der Waals surface area contributed by atoms with Crippen molar-refractivity contribution >= 4 is 17.5 Å². The number of hydrogen-bond donors (Lipinski definition) is 1. The van der Waals surface area contributed by atoms with Gasteiger partial charge in [0.25, 0.3) is 5.91 Å². The van der Waals surface area contributed by atoms with Crippen molar-refractivity contribution < 1.29 is 18.0 Å². The van der Waals surface area contributed by atoms with E-state index in [2.05, 4.69) is 17.3 Å². The molecule has 1 amide bonds. The molecule has 0 radical (unpaired) electrons. The second kappa shape index (κ2) is 6.97. The fourth-order valence-corrected chi connectivity index (χ4v) is 2.12. The monoisotopic (exact) mass is 311 g/mol. The number of carbonyl (C=O) groups excluding carboxylic acids is 1. The molecule has 8 heteroatoms. The molecule has 0 atom stereocenters. The summed E-state index contributed by atoms with van der Waals surface area (Å²) in [6, 6.07) is 0. The molecule has 0 aliphatic carbocycles. The summed E-state index contributed by atoms with van der Waals surface area (Å²) in [5.74, 6) is -0.642. The maximum atomic E-state index is 12.6. The van der Waals surface area contributed by atoms with Crippen LogP contribution in [0.15, 0.2) is 0 Å². The zero-order chi connectivity index (χ0) is 15.3. The molecule has 1 aromatic heterocycles. The molecule has 1 N–H and O–H groups in total. The molecule has 1 rings (SSSR count). The van der Waals surface area contributed by atoms with Crippen LogP contribution in [0.2, 0.25) is 5.02 Å². The Hall–Kier alpha value is -1.24. The Kier molecular flexibility index (Phi) is 5.86. The minimum absolute atomic E-state index is 0.269. The van der Waals surface area contributed by atoms with Gasteiger partial charge < -0.3 is 5.32 Å². The van der Waals surface area contributed by atoms with Crippen LogP contribution in [0.4, 0.5) is 13.2 Å². The predicted molar refractivity (Wildman–Crippen MR) is 69.7 cm³/mol. The van der Waals surface area contributed by atoms with Gasteiger partial charge in [-0.3, -0.25) is 9.48 Å². The third-order valence-corrected chi connectivity index (χ3v) is 3.15. The third kappa shape index (κ3) is 4.13. The minimum Gasteiger partial charge on any atom is -0.351 e. The number of halogens is 4. The van der Waals surface area contributed by atoms with Gasteiger partial charge in [0.15, 0.2) is 5.69 Å². The summed E-state index contributed by atoms with van der Waals surface area (Å²) in [4.78, 5) is 11.8. The summed E-state index contributed by atoms with van der Waals surface area (Å²) in [5, 5.41) is 5.15. The van der Waals surface area contributed by atoms with Crippen LogP contribution in [-0.4, -0.2) is 22.2 Å². The van der Waals surface area contributed by atoms with Crippen molar-refractivity contribution in [2.45, 2.75) is 38.8 Å². The van der Waals surface area contributed by atoms with Crippen molar-refractivity contribution in [2.75, 3.05) is 6.54 Å². The first-order valence-corrected chi connectivity index (χ1v) is 6.74. The number of unbranched alkanes of at least 4 members (excludes halogenated alkanes) is 3. The van der Waals surface area contributed by atoms with Gasteiger partial charge in [0, 0.05) is 13.6 Å². The Bertz CT molecular complexity index is 471. The molecule has 0 unspecified atom stereocenters. The molecule has 0 saturated heterocycles. The van der Waals surface area contributed by atoms with E-state index in [9.17, 15) is 18.0 Å². The number of amides is 1. The van der Waals surface area contributed by atoms with Crippen LogP contribution in [0, 0.1) is 0 Å². The van der Waals surface area contributed by atoms with E-state index in [0.717, 1.165) is 30.4 Å². The van der Waals surface area contributed by atoms with Crippen LogP contribution in [0.3, 0.4) is 0 Å². The molecular weight excluding hydrogens is 295 g/mol. The number of rotatable bonds is 6. The van der Waals surface area contributed by atoms with Gasteiger partial charge in [-0.1, -0.05) is 37.8 Å². The molecule has 0 aromatic carbocycles. The van der Waals surface area contributed by atoms with Gasteiger partial charge in [-0.25, -0.2) is 0 Å². The fourth-order valence-electron chi connectivity index (χ4n) is 1.76. The highest BCUT2D eigenvalue weighted by molar-refractivity contribution is 6.34. The zero-order valence-corrected chi connectivity index (χ0v) is 12.1. The van der Waals surface area contributed by atoms with Crippen LogP contribution < -0.4 is 5.32 Å². The quantitative estimate of drug-likeness (QED) is 0.818. The maximum absolute atomic E-state index is 12.6. The Morgan fingerprint density at radius 3 is 2.50 bits per heavy atom. The third-order valence-electron chi connectivity index (χ3n) is 2.79. The van der Waals surface area contributed by atoms with Crippen LogP contribution in [0.1, 0.15) is 48.8 Å². The topological polar surface area (TPSA) is 46.9 Å². The largest absolute Gasteiger partial charge is 0.436 e. The molecule has 20 heavy (non-hydrogen) atoms. The summed E-state index contributed by atoms with van der Waals surface area (Å²) in [7, 11) is 1.26. The number of alkyl halides is 3. The van der Waals surface area contributed by atoms with Gasteiger partial charge in [-0.2, -0.15) is 18.3 Å². The van der Waals surface area contributed by atoms with Crippen LogP contribution in [0.25, 0.3) is 0 Å². The molecule has 4 nitrogen and oxygen atoms in total. The molecule has 0 aliphatic heterocycles. The van der Waals surface area contributed by atoms with Crippen molar-refractivity contribution in [1.82, 2.24) is 15.1 Å². The van der Waals surface area contributed by atoms with Crippen molar-refractivity contribution in [2.24, 2.45) is 7.05 Å². The highest BCUT2D eigenvalue weighted by Crippen LogP contribution is 2.35. The first kappa shape index (κ1) is 16.8. The van der Waals surface area contributed by atoms with Gasteiger partial charge in [0.1, 0.15) is 10.7 Å². The standard InChI is InChI=1S/C12H17ClF3N3O/c1-3-4-5-6-7-17-11(20)9-8(13)10(12(14,15)16)18-19(9)2/h3-7H2,1-2H3,(H,17,20). The Morgan fingerprint density at radius 1 is 1.35 bits per heavy atom. The van der Waals surface area contributed by atoms with Crippen LogP contribution >= 0.6 is 11.6 Å². The lowest BCUT2D eigenvalue weighted by Gasteiger charge is -2.05. The SMILES string of the molecule is CCCCCCNC(=O)c1c(Cl)c(C(F)(F)F)nn1C. The Labute approximate surface area is 120 Å². The van der Waals surface area contributed by atoms with E-state index >= 15 is 0 Å². The van der Waals surface area contributed by atoms with Crippen molar-refractivity contribution in [3.8, 4) is 0 Å². The summed E-state index contributed by atoms with van der Waals surface area (Å²) in [5.41, 5.74) is -1.51. The fraction of sp³-hybridized carbons (Fsp3) is 0.667. The lowest BCUT2D eigenvalue weighted by Crippen LogP contribution is -2.26. The van der Waals surface area contributed by atoms with E-state index in [1.807, 2.05) is 0 Å². The van der Waals surface area contributed by atoms with E-state index in [1.54, 1.807) is 0 Å². The highest BCUT2D eigenvalue weighted by Gasteiger charge is 2.39. The van der Waals surface area contributed by atoms with Crippen molar-refractivity contribution in [3.05, 3.63) is 16.4 Å². The number of carbonyl (C=O) groups is 1. The van der Waals surface area contributed by atoms with E-state index in [-0.39, 0.29) is 5.69 Å². The lowest BCUT2D eigenvalue weighted by atomic mass is 10.2. The normalized spacial score (nSPS) is 11.7. The number of aromatic nitrogens is 2. The van der Waals surface area contributed by atoms with Gasteiger partial charge in [-0.05, 0) is 6.42 Å². The van der Waals surface area contributed by atoms with E-state index in [4.69, 9.17) is 11.6 Å². The molecule has 1 aromatic rings. The zero-order valence-electron chi connectivity index (χ0n) is 11.4. The first-order chi connectivity index (χ1) is 9.29. The first-order valence-electron chi connectivity index (χ1n) is 6.37. The van der Waals surface area contributed by atoms with E-state index in [0.29, 0.717) is 6.54 Å². The molecular formula is C12H17ClF3N3O. The van der Waals surface area contributed by atoms with Gasteiger partial charge in [-0.15, -0.1) is 0 Å². The Morgan fingerprint density at radius 2 is 2.00 bits per heavy atom. The predicted octanol–water partition coefficient (Wildman–Crippen LogP) is 3.40. The number of aryl methyl sites for hydroxylation is 1. The molecule has 1 heterocycles. The van der Waals surface area contributed by atoms with E-state index in [1.165, 1.54) is 7.05 Å². The second-order valence-electron chi connectivity index (χ2n) is 4.45. The van der Waals surface area contributed by atoms with Crippen LogP contribution in [0.5, 0.6) is 0 Å². The molecule has 0 spiro atoms. The molecule has 0 bridgehead atoms. The van der Waals surface area contributed by atoms with Gasteiger partial charge in [0.2, 0.25) is 0 Å². The summed E-state index contributed by atoms with van der Waals surface area (Å²) in [6.45, 7) is 2.47. The summed E-state index contributed by atoms with van der Waals surface area (Å²) in [6.07, 6.45) is -0.809. The lowest BCUT2D eigenvalue weighted by molar-refractivity contribution is -0.141. The number of nitrogens with one attached hydrogen (secondary N) is 1. The minimum atomic E-state index is -4.67. The molecule has 0 aliphatic rings. The summed E-state index contributed by atoms with van der Waals surface area (Å²) < 4.78 is 38.7. The number of nitrogens with zero attached hydrogens (tertiary/aromatic N) is 2. The van der Waals surface area contributed by atoms with Crippen molar-refractivity contribution in [1.29, 1.82) is 0 Å². The molecule has 0 fully saturated rings. The smallest absolute Gasteiger partial charge is 0.351 e. The van der Waals surface area contributed by atoms with Crippen LogP contribution in [-0.2, 0) is 13.2 Å². The number of hydrogen-bond acceptors (Lipinski definition) is 2. The second-order valence-corrected chi connectivity index (χ2v) is 4.83.